The van der Waals surface area contributed by atoms with Gasteiger partial charge < -0.3 is 14.6 Å². The first-order valence-corrected chi connectivity index (χ1v) is 7.76. The summed E-state index contributed by atoms with van der Waals surface area (Å²) in [6, 6.07) is 8.00. The number of imidazole rings is 1. The predicted molar refractivity (Wildman–Crippen MR) is 81.8 cm³/mol. The van der Waals surface area contributed by atoms with E-state index in [-0.39, 0.29) is 11.9 Å². The fraction of sp³-hybridized carbons (Fsp3) is 0.412. The number of hydrogen-bond donors (Lipinski definition) is 1. The van der Waals surface area contributed by atoms with Crippen LogP contribution in [0.3, 0.4) is 0 Å². The summed E-state index contributed by atoms with van der Waals surface area (Å²) < 4.78 is 7.90. The molecule has 0 radical (unpaired) electrons. The van der Waals surface area contributed by atoms with Crippen LogP contribution >= 0.6 is 0 Å². The molecule has 0 spiro atoms. The molecule has 2 aliphatic heterocycles. The highest BCUT2D eigenvalue weighted by atomic mass is 16.5. The number of nitrogens with one attached hydrogen (secondary N) is 1. The van der Waals surface area contributed by atoms with Crippen molar-refractivity contribution in [2.75, 3.05) is 0 Å². The van der Waals surface area contributed by atoms with Crippen LogP contribution in [0.5, 0.6) is 5.75 Å². The number of ether oxygens (including phenoxy) is 1. The van der Waals surface area contributed by atoms with Gasteiger partial charge in [0.05, 0.1) is 5.69 Å². The second-order valence-electron chi connectivity index (χ2n) is 6.11. The Hall–Kier alpha value is -2.30. The quantitative estimate of drug-likeness (QED) is 0.916. The van der Waals surface area contributed by atoms with E-state index in [1.165, 1.54) is 0 Å². The summed E-state index contributed by atoms with van der Waals surface area (Å²) in [5, 5.41) is 3.13. The van der Waals surface area contributed by atoms with E-state index in [1.54, 1.807) is 0 Å². The third kappa shape index (κ3) is 2.36. The van der Waals surface area contributed by atoms with Crippen molar-refractivity contribution in [3.63, 3.8) is 0 Å². The molecule has 3 heterocycles. The van der Waals surface area contributed by atoms with Gasteiger partial charge in [-0.05, 0) is 25.0 Å². The lowest BCUT2D eigenvalue weighted by atomic mass is 10.1. The first-order chi connectivity index (χ1) is 10.7. The zero-order valence-corrected chi connectivity index (χ0v) is 12.6. The molecule has 5 heteroatoms. The Balaban J connectivity index is 1.40. The molecule has 1 N–H and O–H groups in total. The van der Waals surface area contributed by atoms with Crippen molar-refractivity contribution in [3.05, 3.63) is 47.5 Å². The van der Waals surface area contributed by atoms with Crippen molar-refractivity contribution < 1.29 is 9.53 Å². The summed E-state index contributed by atoms with van der Waals surface area (Å²) in [5.74, 6) is 1.94. The van der Waals surface area contributed by atoms with Crippen molar-refractivity contribution >= 4 is 5.91 Å². The van der Waals surface area contributed by atoms with E-state index in [1.807, 2.05) is 31.2 Å². The highest BCUT2D eigenvalue weighted by Gasteiger charge is 2.31. The first-order valence-electron chi connectivity index (χ1n) is 7.76. The number of para-hydroxylation sites is 1. The average Bonchev–Trinajstić information content (AvgIpc) is 3.08. The Bertz CT molecular complexity index is 697. The molecule has 2 aliphatic rings. The zero-order chi connectivity index (χ0) is 15.1. The summed E-state index contributed by atoms with van der Waals surface area (Å²) >= 11 is 0. The van der Waals surface area contributed by atoms with Gasteiger partial charge in [0.15, 0.2) is 6.10 Å². The molecule has 114 valence electrons. The molecule has 2 atom stereocenters. The van der Waals surface area contributed by atoms with Crippen molar-refractivity contribution in [2.45, 2.75) is 44.9 Å². The molecule has 1 aromatic carbocycles. The van der Waals surface area contributed by atoms with Crippen LogP contribution in [0.25, 0.3) is 0 Å². The lowest BCUT2D eigenvalue weighted by Gasteiger charge is -2.25. The van der Waals surface area contributed by atoms with Gasteiger partial charge in [0.1, 0.15) is 11.6 Å². The number of carbonyl (C=O) groups is 1. The molecule has 2 aromatic rings. The van der Waals surface area contributed by atoms with Crippen LogP contribution in [-0.2, 0) is 24.2 Å². The van der Waals surface area contributed by atoms with Gasteiger partial charge >= 0.3 is 0 Å². The lowest BCUT2D eigenvalue weighted by molar-refractivity contribution is -0.128. The number of fused-ring (bicyclic) bond motifs is 2. The van der Waals surface area contributed by atoms with Crippen LogP contribution in [0.4, 0.5) is 0 Å². The molecule has 5 nitrogen and oxygen atoms in total. The van der Waals surface area contributed by atoms with Gasteiger partial charge in [-0.25, -0.2) is 4.98 Å². The van der Waals surface area contributed by atoms with Crippen LogP contribution in [0.1, 0.15) is 23.5 Å². The number of aryl methyl sites for hydroxylation is 2. The van der Waals surface area contributed by atoms with Crippen LogP contribution in [0.15, 0.2) is 30.5 Å². The van der Waals surface area contributed by atoms with Gasteiger partial charge in [-0.15, -0.1) is 0 Å². The highest BCUT2D eigenvalue weighted by molar-refractivity contribution is 5.82. The summed E-state index contributed by atoms with van der Waals surface area (Å²) in [7, 11) is 0. The largest absolute Gasteiger partial charge is 0.480 e. The minimum absolute atomic E-state index is 0.0125. The van der Waals surface area contributed by atoms with Crippen molar-refractivity contribution in [1.29, 1.82) is 0 Å². The van der Waals surface area contributed by atoms with E-state index in [0.29, 0.717) is 6.42 Å². The zero-order valence-electron chi connectivity index (χ0n) is 12.6. The Labute approximate surface area is 129 Å². The minimum atomic E-state index is -0.400. The van der Waals surface area contributed by atoms with Gasteiger partial charge in [-0.3, -0.25) is 4.79 Å². The number of amides is 1. The summed E-state index contributed by atoms with van der Waals surface area (Å²) in [5.41, 5.74) is 2.15. The number of aromatic nitrogens is 2. The standard InChI is InChI=1S/C17H19N3O2/c1-11-9-20-10-13(6-7-16(20)18-11)19-17(21)15-8-12-4-2-3-5-14(12)22-15/h2-5,9,13,15H,6-8,10H2,1H3,(H,19,21)/t13-,15+/m1/s1. The Kier molecular flexibility index (Phi) is 3.13. The van der Waals surface area contributed by atoms with Crippen LogP contribution in [-0.4, -0.2) is 27.6 Å². The monoisotopic (exact) mass is 297 g/mol. The van der Waals surface area contributed by atoms with E-state index in [0.717, 1.165) is 42.2 Å². The fourth-order valence-corrected chi connectivity index (χ4v) is 3.33. The number of carbonyl (C=O) groups excluding carboxylic acids is 1. The maximum absolute atomic E-state index is 12.4. The molecule has 0 saturated carbocycles. The molecular formula is C17H19N3O2. The lowest BCUT2D eigenvalue weighted by Crippen LogP contribution is -2.46. The summed E-state index contributed by atoms with van der Waals surface area (Å²) in [4.78, 5) is 16.9. The number of rotatable bonds is 2. The number of hydrogen-bond acceptors (Lipinski definition) is 3. The van der Waals surface area contributed by atoms with E-state index in [9.17, 15) is 4.79 Å². The summed E-state index contributed by atoms with van der Waals surface area (Å²) in [6.07, 6.45) is 4.15. The fourth-order valence-electron chi connectivity index (χ4n) is 3.33. The SMILES string of the molecule is Cc1cn2c(n1)CC[C@@H](NC(=O)[C@@H]1Cc3ccccc3O1)C2. The normalized spacial score (nSPS) is 22.6. The molecule has 0 aliphatic carbocycles. The van der Waals surface area contributed by atoms with Gasteiger partial charge in [0.2, 0.25) is 0 Å². The average molecular weight is 297 g/mol. The molecule has 0 fully saturated rings. The Morgan fingerprint density at radius 3 is 3.14 bits per heavy atom. The Morgan fingerprint density at radius 1 is 1.41 bits per heavy atom. The van der Waals surface area contributed by atoms with E-state index < -0.39 is 6.10 Å². The van der Waals surface area contributed by atoms with Crippen molar-refractivity contribution in [3.8, 4) is 5.75 Å². The number of benzene rings is 1. The van der Waals surface area contributed by atoms with Crippen LogP contribution < -0.4 is 10.1 Å². The molecule has 4 rings (SSSR count). The van der Waals surface area contributed by atoms with Crippen molar-refractivity contribution in [2.24, 2.45) is 0 Å². The maximum atomic E-state index is 12.4. The van der Waals surface area contributed by atoms with Gasteiger partial charge in [0, 0.05) is 31.6 Å². The molecule has 0 bridgehead atoms. The van der Waals surface area contributed by atoms with Gasteiger partial charge in [-0.2, -0.15) is 0 Å². The molecule has 0 saturated heterocycles. The van der Waals surface area contributed by atoms with Crippen LogP contribution in [0, 0.1) is 6.92 Å². The van der Waals surface area contributed by atoms with Gasteiger partial charge in [-0.1, -0.05) is 18.2 Å². The van der Waals surface area contributed by atoms with E-state index in [4.69, 9.17) is 4.74 Å². The highest BCUT2D eigenvalue weighted by Crippen LogP contribution is 2.28. The minimum Gasteiger partial charge on any atom is -0.480 e. The second kappa shape index (κ2) is 5.16. The third-order valence-corrected chi connectivity index (χ3v) is 4.40. The smallest absolute Gasteiger partial charge is 0.261 e. The maximum Gasteiger partial charge on any atom is 0.261 e. The molecular weight excluding hydrogens is 278 g/mol. The Morgan fingerprint density at radius 2 is 2.27 bits per heavy atom. The second-order valence-corrected chi connectivity index (χ2v) is 6.11. The molecule has 22 heavy (non-hydrogen) atoms. The molecule has 1 amide bonds. The summed E-state index contributed by atoms with van der Waals surface area (Å²) in [6.45, 7) is 2.80. The number of nitrogens with zero attached hydrogens (tertiary/aromatic N) is 2. The van der Waals surface area contributed by atoms with Gasteiger partial charge in [0.25, 0.3) is 5.91 Å². The van der Waals surface area contributed by atoms with Crippen molar-refractivity contribution in [1.82, 2.24) is 14.9 Å². The molecule has 0 unspecified atom stereocenters. The van der Waals surface area contributed by atoms with E-state index >= 15 is 0 Å². The molecule has 1 aromatic heterocycles. The van der Waals surface area contributed by atoms with E-state index in [2.05, 4.69) is 21.1 Å². The van der Waals surface area contributed by atoms with Crippen LogP contribution in [0.2, 0.25) is 0 Å². The first kappa shape index (κ1) is 13.4. The predicted octanol–water partition coefficient (Wildman–Crippen LogP) is 1.63. The topological polar surface area (TPSA) is 56.2 Å². The third-order valence-electron chi connectivity index (χ3n) is 4.40.